The Balaban J connectivity index is 2.90. The maximum absolute atomic E-state index is 11.7. The molecule has 0 fully saturated rings. The lowest BCUT2D eigenvalue weighted by Crippen LogP contribution is -2.26. The number of terminal acetylenes is 1. The van der Waals surface area contributed by atoms with E-state index in [1.54, 1.807) is 13.1 Å². The van der Waals surface area contributed by atoms with Crippen molar-refractivity contribution in [3.05, 3.63) is 20.3 Å². The molecule has 0 aliphatic carbocycles. The SMILES string of the molecule is C#CCN(C)C(=O)c1cc(Cl)sc1Cl. The molecule has 1 aromatic heterocycles. The first-order valence-electron chi connectivity index (χ1n) is 3.70. The van der Waals surface area contributed by atoms with Crippen molar-refractivity contribution >= 4 is 40.4 Å². The predicted molar refractivity (Wildman–Crippen MR) is 60.1 cm³/mol. The Bertz CT molecular complexity index is 394. The number of thiophene rings is 1. The number of nitrogens with zero attached hydrogens (tertiary/aromatic N) is 1. The van der Waals surface area contributed by atoms with Gasteiger partial charge in [0, 0.05) is 7.05 Å². The smallest absolute Gasteiger partial charge is 0.256 e. The van der Waals surface area contributed by atoms with E-state index in [1.165, 1.54) is 4.90 Å². The van der Waals surface area contributed by atoms with Crippen molar-refractivity contribution in [2.24, 2.45) is 0 Å². The summed E-state index contributed by atoms with van der Waals surface area (Å²) in [7, 11) is 1.62. The van der Waals surface area contributed by atoms with E-state index in [1.807, 2.05) is 0 Å². The first-order valence-corrected chi connectivity index (χ1v) is 5.27. The van der Waals surface area contributed by atoms with Crippen LogP contribution in [-0.2, 0) is 0 Å². The third-order valence-electron chi connectivity index (χ3n) is 1.56. The van der Waals surface area contributed by atoms with Crippen molar-refractivity contribution in [2.75, 3.05) is 13.6 Å². The van der Waals surface area contributed by atoms with E-state index in [9.17, 15) is 4.79 Å². The molecular weight excluding hydrogens is 241 g/mol. The molecular formula is C9H7Cl2NOS. The van der Waals surface area contributed by atoms with Crippen LogP contribution in [0, 0.1) is 12.3 Å². The first-order chi connectivity index (χ1) is 6.56. The maximum Gasteiger partial charge on any atom is 0.256 e. The molecule has 0 radical (unpaired) electrons. The summed E-state index contributed by atoms with van der Waals surface area (Å²) in [6.07, 6.45) is 5.09. The second-order valence-electron chi connectivity index (χ2n) is 2.60. The van der Waals surface area contributed by atoms with E-state index < -0.39 is 0 Å². The molecule has 0 aliphatic rings. The molecule has 14 heavy (non-hydrogen) atoms. The van der Waals surface area contributed by atoms with E-state index in [2.05, 4.69) is 5.92 Å². The number of carbonyl (C=O) groups is 1. The first kappa shape index (κ1) is 11.4. The van der Waals surface area contributed by atoms with Crippen LogP contribution >= 0.6 is 34.5 Å². The van der Waals surface area contributed by atoms with E-state index in [0.717, 1.165) is 11.3 Å². The molecule has 0 aromatic carbocycles. The minimum atomic E-state index is -0.212. The molecule has 1 rings (SSSR count). The Hall–Kier alpha value is -0.690. The van der Waals surface area contributed by atoms with Gasteiger partial charge in [-0.3, -0.25) is 4.79 Å². The molecule has 0 unspecified atom stereocenters. The van der Waals surface area contributed by atoms with Gasteiger partial charge in [0.2, 0.25) is 0 Å². The highest BCUT2D eigenvalue weighted by Crippen LogP contribution is 2.31. The highest BCUT2D eigenvalue weighted by molar-refractivity contribution is 7.20. The molecule has 0 aliphatic heterocycles. The molecule has 74 valence electrons. The lowest BCUT2D eigenvalue weighted by atomic mass is 10.3. The third kappa shape index (κ3) is 2.42. The lowest BCUT2D eigenvalue weighted by Gasteiger charge is -2.12. The number of carbonyl (C=O) groups excluding carboxylic acids is 1. The monoisotopic (exact) mass is 247 g/mol. The van der Waals surface area contributed by atoms with Crippen LogP contribution in [0.15, 0.2) is 6.07 Å². The number of hydrogen-bond donors (Lipinski definition) is 0. The Morgan fingerprint density at radius 2 is 2.36 bits per heavy atom. The maximum atomic E-state index is 11.7. The average molecular weight is 248 g/mol. The van der Waals surface area contributed by atoms with Crippen molar-refractivity contribution in [2.45, 2.75) is 0 Å². The summed E-state index contributed by atoms with van der Waals surface area (Å²) >= 11 is 12.7. The Labute approximate surface area is 96.4 Å². The molecule has 1 amide bonds. The van der Waals surface area contributed by atoms with Crippen LogP contribution < -0.4 is 0 Å². The van der Waals surface area contributed by atoms with Gasteiger partial charge in [-0.15, -0.1) is 17.8 Å². The topological polar surface area (TPSA) is 20.3 Å². The minimum absolute atomic E-state index is 0.212. The van der Waals surface area contributed by atoms with Crippen LogP contribution in [-0.4, -0.2) is 24.4 Å². The van der Waals surface area contributed by atoms with Crippen molar-refractivity contribution in [1.82, 2.24) is 4.90 Å². The van der Waals surface area contributed by atoms with Gasteiger partial charge in [-0.05, 0) is 6.07 Å². The molecule has 1 heterocycles. The summed E-state index contributed by atoms with van der Waals surface area (Å²) in [6, 6.07) is 1.55. The average Bonchev–Trinajstić information content (AvgIpc) is 2.44. The summed E-state index contributed by atoms with van der Waals surface area (Å²) in [5.41, 5.74) is 0.402. The second-order valence-corrected chi connectivity index (χ2v) is 4.89. The zero-order valence-electron chi connectivity index (χ0n) is 7.38. The quantitative estimate of drug-likeness (QED) is 0.737. The summed E-state index contributed by atoms with van der Waals surface area (Å²) in [6.45, 7) is 0.253. The minimum Gasteiger partial charge on any atom is -0.330 e. The predicted octanol–water partition coefficient (Wildman–Crippen LogP) is 2.76. The molecule has 0 saturated carbocycles. The molecule has 0 atom stereocenters. The van der Waals surface area contributed by atoms with E-state index in [0.29, 0.717) is 14.2 Å². The van der Waals surface area contributed by atoms with E-state index in [4.69, 9.17) is 29.6 Å². The van der Waals surface area contributed by atoms with Crippen molar-refractivity contribution in [3.63, 3.8) is 0 Å². The molecule has 5 heteroatoms. The van der Waals surface area contributed by atoms with Crippen molar-refractivity contribution in [1.29, 1.82) is 0 Å². The Kier molecular flexibility index (Phi) is 3.82. The zero-order valence-corrected chi connectivity index (χ0v) is 9.71. The lowest BCUT2D eigenvalue weighted by molar-refractivity contribution is 0.0813. The van der Waals surface area contributed by atoms with Gasteiger partial charge in [0.15, 0.2) is 0 Å². The van der Waals surface area contributed by atoms with Gasteiger partial charge in [-0.1, -0.05) is 29.1 Å². The van der Waals surface area contributed by atoms with Crippen LogP contribution in [0.2, 0.25) is 8.67 Å². The fraction of sp³-hybridized carbons (Fsp3) is 0.222. The fourth-order valence-electron chi connectivity index (χ4n) is 0.900. The van der Waals surface area contributed by atoms with Gasteiger partial charge in [0.1, 0.15) is 4.34 Å². The highest BCUT2D eigenvalue weighted by atomic mass is 35.5. The van der Waals surface area contributed by atoms with Gasteiger partial charge < -0.3 is 4.90 Å². The number of rotatable bonds is 2. The normalized spacial score (nSPS) is 9.57. The molecule has 0 N–H and O–H groups in total. The summed E-state index contributed by atoms with van der Waals surface area (Å²) in [5, 5.41) is 0. The number of amides is 1. The highest BCUT2D eigenvalue weighted by Gasteiger charge is 2.17. The van der Waals surface area contributed by atoms with Crippen LogP contribution in [0.4, 0.5) is 0 Å². The van der Waals surface area contributed by atoms with Crippen LogP contribution in [0.5, 0.6) is 0 Å². The molecule has 2 nitrogen and oxygen atoms in total. The van der Waals surface area contributed by atoms with Gasteiger partial charge >= 0.3 is 0 Å². The van der Waals surface area contributed by atoms with Gasteiger partial charge in [-0.2, -0.15) is 0 Å². The van der Waals surface area contributed by atoms with Crippen molar-refractivity contribution in [3.8, 4) is 12.3 Å². The van der Waals surface area contributed by atoms with Crippen LogP contribution in [0.25, 0.3) is 0 Å². The fourth-order valence-corrected chi connectivity index (χ4v) is 2.35. The largest absolute Gasteiger partial charge is 0.330 e. The zero-order chi connectivity index (χ0) is 10.7. The summed E-state index contributed by atoms with van der Waals surface area (Å²) < 4.78 is 0.885. The molecule has 0 spiro atoms. The molecule has 0 saturated heterocycles. The van der Waals surface area contributed by atoms with Gasteiger partial charge in [-0.25, -0.2) is 0 Å². The Morgan fingerprint density at radius 1 is 1.71 bits per heavy atom. The third-order valence-corrected chi connectivity index (χ3v) is 3.05. The van der Waals surface area contributed by atoms with Gasteiger partial charge in [0.25, 0.3) is 5.91 Å². The number of halogens is 2. The van der Waals surface area contributed by atoms with Crippen LogP contribution in [0.3, 0.4) is 0 Å². The second kappa shape index (κ2) is 4.70. The standard InChI is InChI=1S/C9H7Cl2NOS/c1-3-4-12(2)9(13)6-5-7(10)14-8(6)11/h1,5H,4H2,2H3. The van der Waals surface area contributed by atoms with Crippen LogP contribution in [0.1, 0.15) is 10.4 Å². The van der Waals surface area contributed by atoms with E-state index in [-0.39, 0.29) is 12.5 Å². The molecule has 1 aromatic rings. The summed E-state index contributed by atoms with van der Waals surface area (Å²) in [4.78, 5) is 13.1. The van der Waals surface area contributed by atoms with E-state index >= 15 is 0 Å². The number of hydrogen-bond acceptors (Lipinski definition) is 2. The van der Waals surface area contributed by atoms with Crippen molar-refractivity contribution < 1.29 is 4.79 Å². The Morgan fingerprint density at radius 3 is 2.79 bits per heavy atom. The summed E-state index contributed by atoms with van der Waals surface area (Å²) in [5.74, 6) is 2.16. The van der Waals surface area contributed by atoms with Gasteiger partial charge in [0.05, 0.1) is 16.4 Å². The molecule has 0 bridgehead atoms.